The van der Waals surface area contributed by atoms with Crippen LogP contribution in [0, 0.1) is 16.3 Å². The molecule has 5 rings (SSSR count). The van der Waals surface area contributed by atoms with Gasteiger partial charge in [-0.15, -0.1) is 0 Å². The molecule has 0 radical (unpaired) electrons. The molecule has 0 bridgehead atoms. The van der Waals surface area contributed by atoms with E-state index in [0.29, 0.717) is 27.8 Å². The van der Waals surface area contributed by atoms with Crippen LogP contribution in [0.1, 0.15) is 24.4 Å². The Morgan fingerprint density at radius 3 is 2.35 bits per heavy atom. The number of pyridine rings is 1. The highest BCUT2D eigenvalue weighted by Crippen LogP contribution is 2.34. The molecule has 2 aromatic heterocycles. The third-order valence-corrected chi connectivity index (χ3v) is 6.76. The third-order valence-electron chi connectivity index (χ3n) is 6.09. The van der Waals surface area contributed by atoms with E-state index in [4.69, 9.17) is 5.73 Å². The smallest absolute Gasteiger partial charge is 0.336 e. The van der Waals surface area contributed by atoms with Crippen molar-refractivity contribution in [2.45, 2.75) is 25.8 Å². The number of rotatable bonds is 4. The summed E-state index contributed by atoms with van der Waals surface area (Å²) >= 11 is 2.00. The van der Waals surface area contributed by atoms with Gasteiger partial charge in [-0.2, -0.15) is 0 Å². The SMILES string of the molecule is Cc1c(=O)n(C)c(Nc2ccc(I)cc2F)c2c(=O)n(C3CC3)c(=O)n(-c3ccc(N)cc3)c12. The van der Waals surface area contributed by atoms with E-state index in [9.17, 15) is 18.8 Å². The summed E-state index contributed by atoms with van der Waals surface area (Å²) in [5, 5.41) is 3.09. The molecule has 34 heavy (non-hydrogen) atoms. The molecule has 1 aliphatic carbocycles. The van der Waals surface area contributed by atoms with Crippen molar-refractivity contribution in [3.8, 4) is 5.69 Å². The van der Waals surface area contributed by atoms with Gasteiger partial charge in [0, 0.05) is 27.9 Å². The number of anilines is 3. The number of fused-ring (bicyclic) bond motifs is 1. The topological polar surface area (TPSA) is 104 Å². The van der Waals surface area contributed by atoms with Gasteiger partial charge < -0.3 is 11.1 Å². The lowest BCUT2D eigenvalue weighted by Crippen LogP contribution is -2.41. The summed E-state index contributed by atoms with van der Waals surface area (Å²) in [5.41, 5.74) is 5.92. The van der Waals surface area contributed by atoms with E-state index in [1.807, 2.05) is 22.6 Å². The summed E-state index contributed by atoms with van der Waals surface area (Å²) in [4.78, 5) is 40.5. The number of hydrogen-bond acceptors (Lipinski definition) is 5. The van der Waals surface area contributed by atoms with Gasteiger partial charge in [-0.3, -0.25) is 23.3 Å². The monoisotopic (exact) mass is 573 g/mol. The maximum Gasteiger partial charge on any atom is 0.336 e. The number of nitrogen functional groups attached to an aromatic ring is 1. The minimum Gasteiger partial charge on any atom is -0.399 e. The van der Waals surface area contributed by atoms with Crippen LogP contribution >= 0.6 is 22.6 Å². The second kappa shape index (κ2) is 8.12. The predicted molar refractivity (Wildman–Crippen MR) is 139 cm³/mol. The number of hydrogen-bond donors (Lipinski definition) is 2. The molecule has 0 spiro atoms. The highest BCUT2D eigenvalue weighted by atomic mass is 127. The molecule has 1 fully saturated rings. The van der Waals surface area contributed by atoms with Gasteiger partial charge in [0.1, 0.15) is 17.0 Å². The molecule has 0 amide bonds. The van der Waals surface area contributed by atoms with Crippen molar-refractivity contribution in [3.63, 3.8) is 0 Å². The van der Waals surface area contributed by atoms with Crippen molar-refractivity contribution in [1.29, 1.82) is 0 Å². The number of nitrogens with one attached hydrogen (secondary N) is 1. The quantitative estimate of drug-likeness (QED) is 0.287. The van der Waals surface area contributed by atoms with E-state index in [2.05, 4.69) is 5.32 Å². The Kier molecular flexibility index (Phi) is 5.34. The lowest BCUT2D eigenvalue weighted by molar-refractivity contribution is 0.630. The van der Waals surface area contributed by atoms with Gasteiger partial charge >= 0.3 is 5.69 Å². The molecule has 0 aliphatic heterocycles. The van der Waals surface area contributed by atoms with E-state index in [0.717, 1.165) is 0 Å². The van der Waals surface area contributed by atoms with Gasteiger partial charge in [-0.25, -0.2) is 9.18 Å². The van der Waals surface area contributed by atoms with Crippen molar-refractivity contribution in [2.75, 3.05) is 11.1 Å². The Bertz CT molecular complexity index is 1650. The summed E-state index contributed by atoms with van der Waals surface area (Å²) in [6.45, 7) is 1.58. The van der Waals surface area contributed by atoms with E-state index < -0.39 is 22.6 Å². The second-order valence-corrected chi connectivity index (χ2v) is 9.67. The molecule has 2 heterocycles. The summed E-state index contributed by atoms with van der Waals surface area (Å²) in [7, 11) is 1.52. The van der Waals surface area contributed by atoms with Crippen LogP contribution in [0.25, 0.3) is 16.6 Å². The number of aryl methyl sites for hydroxylation is 1. The van der Waals surface area contributed by atoms with Crippen LogP contribution in [0.4, 0.5) is 21.6 Å². The van der Waals surface area contributed by atoms with Crippen LogP contribution in [-0.4, -0.2) is 13.7 Å². The minimum absolute atomic E-state index is 0.114. The molecule has 4 aromatic rings. The number of aromatic nitrogens is 3. The average molecular weight is 573 g/mol. The average Bonchev–Trinajstić information content (AvgIpc) is 3.63. The van der Waals surface area contributed by atoms with Crippen LogP contribution in [0.15, 0.2) is 56.8 Å². The largest absolute Gasteiger partial charge is 0.399 e. The predicted octanol–water partition coefficient (Wildman–Crippen LogP) is 3.56. The van der Waals surface area contributed by atoms with Crippen LogP contribution in [0.3, 0.4) is 0 Å². The molecule has 0 atom stereocenters. The lowest BCUT2D eigenvalue weighted by Gasteiger charge is -2.20. The first kappa shape index (κ1) is 22.4. The van der Waals surface area contributed by atoms with Gasteiger partial charge in [-0.05, 0) is 84.8 Å². The maximum atomic E-state index is 14.7. The fourth-order valence-corrected chi connectivity index (χ4v) is 4.65. The first-order valence-corrected chi connectivity index (χ1v) is 11.8. The van der Waals surface area contributed by atoms with Gasteiger partial charge in [0.05, 0.1) is 16.9 Å². The molecule has 1 saturated carbocycles. The Balaban J connectivity index is 1.94. The molecule has 0 unspecified atom stereocenters. The number of halogens is 2. The number of nitrogens with zero attached hydrogens (tertiary/aromatic N) is 3. The van der Waals surface area contributed by atoms with Crippen LogP contribution in [0.5, 0.6) is 0 Å². The van der Waals surface area contributed by atoms with E-state index in [-0.39, 0.29) is 34.0 Å². The fourth-order valence-electron chi connectivity index (χ4n) is 4.20. The summed E-state index contributed by atoms with van der Waals surface area (Å²) < 4.78 is 19.3. The lowest BCUT2D eigenvalue weighted by atomic mass is 10.1. The van der Waals surface area contributed by atoms with Crippen LogP contribution in [0.2, 0.25) is 0 Å². The van der Waals surface area contributed by atoms with Crippen molar-refractivity contribution < 1.29 is 4.39 Å². The molecule has 8 nitrogen and oxygen atoms in total. The van der Waals surface area contributed by atoms with Crippen molar-refractivity contribution in [3.05, 3.63) is 88.6 Å². The van der Waals surface area contributed by atoms with Gasteiger partial charge in [-0.1, -0.05) is 0 Å². The Morgan fingerprint density at radius 2 is 1.74 bits per heavy atom. The summed E-state index contributed by atoms with van der Waals surface area (Å²) in [6, 6.07) is 11.0. The highest BCUT2D eigenvalue weighted by molar-refractivity contribution is 14.1. The molecule has 174 valence electrons. The normalized spacial score (nSPS) is 13.4. The molecule has 3 N–H and O–H groups in total. The van der Waals surface area contributed by atoms with Crippen LogP contribution in [-0.2, 0) is 7.05 Å². The Labute approximate surface area is 206 Å². The van der Waals surface area contributed by atoms with E-state index >= 15 is 0 Å². The standard InChI is InChI=1S/C24H21FIN5O3/c1-12-20-19(21(29(2)22(12)32)28-18-10-3-13(26)11-17(18)25)23(33)31(16-8-9-16)24(34)30(20)15-6-4-14(27)5-7-15/h3-7,10-11,16,28H,8-9,27H2,1-2H3. The summed E-state index contributed by atoms with van der Waals surface area (Å²) in [6.07, 6.45) is 1.42. The first-order chi connectivity index (χ1) is 16.2. The molecular formula is C24H21FIN5O3. The number of benzene rings is 2. The second-order valence-electron chi connectivity index (χ2n) is 8.43. The molecule has 0 saturated heterocycles. The van der Waals surface area contributed by atoms with Crippen LogP contribution < -0.4 is 27.9 Å². The van der Waals surface area contributed by atoms with Crippen molar-refractivity contribution in [1.82, 2.24) is 13.7 Å². The highest BCUT2D eigenvalue weighted by Gasteiger charge is 2.31. The zero-order valence-electron chi connectivity index (χ0n) is 18.4. The summed E-state index contributed by atoms with van der Waals surface area (Å²) in [5.74, 6) is -0.406. The minimum atomic E-state index is -0.526. The van der Waals surface area contributed by atoms with Crippen molar-refractivity contribution in [2.24, 2.45) is 7.05 Å². The fraction of sp³-hybridized carbons (Fsp3) is 0.208. The zero-order valence-corrected chi connectivity index (χ0v) is 20.6. The molecular weight excluding hydrogens is 552 g/mol. The Hall–Kier alpha value is -3.41. The van der Waals surface area contributed by atoms with Gasteiger partial charge in [0.25, 0.3) is 11.1 Å². The zero-order chi connectivity index (χ0) is 24.3. The van der Waals surface area contributed by atoms with E-state index in [1.54, 1.807) is 43.3 Å². The molecule has 1 aliphatic rings. The van der Waals surface area contributed by atoms with Crippen molar-refractivity contribution >= 4 is 50.7 Å². The molecule has 10 heteroatoms. The first-order valence-electron chi connectivity index (χ1n) is 10.7. The molecule has 2 aromatic carbocycles. The Morgan fingerprint density at radius 1 is 1.06 bits per heavy atom. The number of nitrogens with two attached hydrogens (primary N) is 1. The van der Waals surface area contributed by atoms with E-state index in [1.165, 1.54) is 26.8 Å². The van der Waals surface area contributed by atoms with Gasteiger partial charge in [0.2, 0.25) is 0 Å². The maximum absolute atomic E-state index is 14.7. The third kappa shape index (κ3) is 3.52. The van der Waals surface area contributed by atoms with Gasteiger partial charge in [0.15, 0.2) is 0 Å².